The fraction of sp³-hybridized carbons (Fsp3) is 0.273. The molecule has 0 amide bonds. The van der Waals surface area contributed by atoms with Crippen LogP contribution >= 0.6 is 0 Å². The van der Waals surface area contributed by atoms with E-state index in [1.807, 2.05) is 6.07 Å². The summed E-state index contributed by atoms with van der Waals surface area (Å²) in [5.74, 6) is -0.528. The lowest BCUT2D eigenvalue weighted by molar-refractivity contribution is -0.139. The number of ether oxygens (including phenoxy) is 1. The minimum atomic E-state index is -0.528. The molecule has 0 aromatic heterocycles. The summed E-state index contributed by atoms with van der Waals surface area (Å²) in [6, 6.07) is 1.93. The summed E-state index contributed by atoms with van der Waals surface area (Å²) in [5, 5.41) is 8.58. The molecule has 80 valence electrons. The van der Waals surface area contributed by atoms with Gasteiger partial charge in [-0.15, -0.1) is 0 Å². The van der Waals surface area contributed by atoms with Gasteiger partial charge in [-0.2, -0.15) is 5.26 Å². The van der Waals surface area contributed by atoms with E-state index in [1.54, 1.807) is 13.8 Å². The first-order chi connectivity index (χ1) is 7.06. The lowest BCUT2D eigenvalue weighted by atomic mass is 10.3. The topological polar surface area (TPSA) is 53.3 Å². The lowest BCUT2D eigenvalue weighted by Gasteiger charge is -2.16. The Hall–Kier alpha value is -2.02. The molecule has 0 spiro atoms. The van der Waals surface area contributed by atoms with Gasteiger partial charge in [0.05, 0.1) is 12.7 Å². The number of carbonyl (C=O) groups excluding carboxylic acids is 1. The Bertz CT molecular complexity index is 337. The van der Waals surface area contributed by atoms with Crippen molar-refractivity contribution in [1.82, 2.24) is 4.90 Å². The van der Waals surface area contributed by atoms with Crippen molar-refractivity contribution in [3.63, 3.8) is 0 Å². The van der Waals surface area contributed by atoms with Gasteiger partial charge in [-0.1, -0.05) is 13.2 Å². The van der Waals surface area contributed by atoms with Crippen molar-refractivity contribution in [2.75, 3.05) is 6.61 Å². The predicted molar refractivity (Wildman–Crippen MR) is 57.2 cm³/mol. The molecule has 0 saturated heterocycles. The highest BCUT2D eigenvalue weighted by atomic mass is 16.5. The van der Waals surface area contributed by atoms with Gasteiger partial charge in [0.2, 0.25) is 0 Å². The first-order valence-electron chi connectivity index (χ1n) is 4.42. The van der Waals surface area contributed by atoms with Gasteiger partial charge in [0, 0.05) is 18.0 Å². The van der Waals surface area contributed by atoms with Crippen LogP contribution in [0, 0.1) is 11.3 Å². The Labute approximate surface area is 89.7 Å². The van der Waals surface area contributed by atoms with Gasteiger partial charge in [-0.3, -0.25) is 0 Å². The van der Waals surface area contributed by atoms with Crippen LogP contribution in [0.2, 0.25) is 0 Å². The maximum Gasteiger partial charge on any atom is 0.354 e. The second-order valence-electron chi connectivity index (χ2n) is 2.68. The molecule has 0 rings (SSSR count). The molecule has 0 aromatic rings. The summed E-state index contributed by atoms with van der Waals surface area (Å²) in [4.78, 5) is 12.6. The lowest BCUT2D eigenvalue weighted by Crippen LogP contribution is -2.19. The summed E-state index contributed by atoms with van der Waals surface area (Å²) < 4.78 is 4.76. The number of allylic oxidation sites excluding steroid dienone is 1. The molecule has 0 fully saturated rings. The Morgan fingerprint density at radius 2 is 2.27 bits per heavy atom. The van der Waals surface area contributed by atoms with E-state index in [4.69, 9.17) is 10.00 Å². The van der Waals surface area contributed by atoms with Crippen LogP contribution in [0.15, 0.2) is 36.8 Å². The van der Waals surface area contributed by atoms with E-state index in [0.717, 1.165) is 0 Å². The normalized spacial score (nSPS) is 10.1. The molecule has 0 unspecified atom stereocenters. The van der Waals surface area contributed by atoms with Crippen LogP contribution in [0.25, 0.3) is 0 Å². The SMILES string of the molecule is C=CN(/C=C(\C)C#N)C(=C)C(=O)OCC. The van der Waals surface area contributed by atoms with Gasteiger partial charge in [0.25, 0.3) is 0 Å². The highest BCUT2D eigenvalue weighted by Crippen LogP contribution is 2.07. The molecule has 0 aliphatic carbocycles. The van der Waals surface area contributed by atoms with Crippen LogP contribution < -0.4 is 0 Å². The fourth-order valence-corrected chi connectivity index (χ4v) is 0.798. The Morgan fingerprint density at radius 1 is 1.67 bits per heavy atom. The minimum Gasteiger partial charge on any atom is -0.461 e. The van der Waals surface area contributed by atoms with Gasteiger partial charge >= 0.3 is 5.97 Å². The summed E-state index contributed by atoms with van der Waals surface area (Å²) in [7, 11) is 0. The first kappa shape index (κ1) is 13.0. The minimum absolute atomic E-state index is 0.126. The third-order valence-electron chi connectivity index (χ3n) is 1.53. The largest absolute Gasteiger partial charge is 0.461 e. The van der Waals surface area contributed by atoms with Crippen LogP contribution in [0.3, 0.4) is 0 Å². The second-order valence-corrected chi connectivity index (χ2v) is 2.68. The third-order valence-corrected chi connectivity index (χ3v) is 1.53. The van der Waals surface area contributed by atoms with E-state index in [0.29, 0.717) is 5.57 Å². The van der Waals surface area contributed by atoms with E-state index < -0.39 is 5.97 Å². The summed E-state index contributed by atoms with van der Waals surface area (Å²) in [6.07, 6.45) is 2.85. The van der Waals surface area contributed by atoms with Crippen molar-refractivity contribution >= 4 is 5.97 Å². The number of carbonyl (C=O) groups is 1. The molecule has 0 heterocycles. The smallest absolute Gasteiger partial charge is 0.354 e. The van der Waals surface area contributed by atoms with Crippen LogP contribution in [-0.2, 0) is 9.53 Å². The van der Waals surface area contributed by atoms with E-state index in [9.17, 15) is 4.79 Å². The van der Waals surface area contributed by atoms with Crippen molar-refractivity contribution in [1.29, 1.82) is 5.26 Å². The van der Waals surface area contributed by atoms with E-state index in [1.165, 1.54) is 17.3 Å². The van der Waals surface area contributed by atoms with Crippen molar-refractivity contribution in [2.24, 2.45) is 0 Å². The van der Waals surface area contributed by atoms with E-state index >= 15 is 0 Å². The maximum atomic E-state index is 11.3. The molecule has 15 heavy (non-hydrogen) atoms. The average Bonchev–Trinajstić information content (AvgIpc) is 2.24. The zero-order valence-electron chi connectivity index (χ0n) is 8.99. The first-order valence-corrected chi connectivity index (χ1v) is 4.42. The molecule has 0 aromatic carbocycles. The molecule has 0 radical (unpaired) electrons. The predicted octanol–water partition coefficient (Wildman–Crippen LogP) is 1.94. The molecule has 0 bridgehead atoms. The number of hydrogen-bond donors (Lipinski definition) is 0. The van der Waals surface area contributed by atoms with Gasteiger partial charge in [-0.05, 0) is 13.8 Å². The Kier molecular flexibility index (Phi) is 5.57. The number of nitrogens with zero attached hydrogens (tertiary/aromatic N) is 2. The number of rotatable bonds is 5. The van der Waals surface area contributed by atoms with Crippen molar-refractivity contribution in [3.8, 4) is 6.07 Å². The fourth-order valence-electron chi connectivity index (χ4n) is 0.798. The monoisotopic (exact) mass is 206 g/mol. The average molecular weight is 206 g/mol. The van der Waals surface area contributed by atoms with Crippen LogP contribution in [0.1, 0.15) is 13.8 Å². The molecular weight excluding hydrogens is 192 g/mol. The standard InChI is InChI=1S/C11H14N2O2/c1-5-13(8-9(3)7-12)10(4)11(14)15-6-2/h5,8H,1,4,6H2,2-3H3/b9-8+. The van der Waals surface area contributed by atoms with Gasteiger partial charge in [0.15, 0.2) is 0 Å². The molecule has 0 aliphatic rings. The van der Waals surface area contributed by atoms with Gasteiger partial charge in [0.1, 0.15) is 5.70 Å². The second kappa shape index (κ2) is 6.44. The number of esters is 1. The van der Waals surface area contributed by atoms with Gasteiger partial charge in [-0.25, -0.2) is 4.79 Å². The highest BCUT2D eigenvalue weighted by Gasteiger charge is 2.12. The highest BCUT2D eigenvalue weighted by molar-refractivity contribution is 5.87. The summed E-state index contributed by atoms with van der Waals surface area (Å²) in [5.41, 5.74) is 0.571. The number of nitriles is 1. The van der Waals surface area contributed by atoms with Crippen molar-refractivity contribution in [3.05, 3.63) is 36.8 Å². The maximum absolute atomic E-state index is 11.3. The Morgan fingerprint density at radius 3 is 2.67 bits per heavy atom. The van der Waals surface area contributed by atoms with Crippen LogP contribution in [0.5, 0.6) is 0 Å². The van der Waals surface area contributed by atoms with E-state index in [2.05, 4.69) is 13.2 Å². The zero-order valence-corrected chi connectivity index (χ0v) is 8.99. The molecular formula is C11H14N2O2. The molecule has 0 atom stereocenters. The molecule has 0 N–H and O–H groups in total. The zero-order chi connectivity index (χ0) is 11.8. The van der Waals surface area contributed by atoms with Gasteiger partial charge < -0.3 is 9.64 Å². The van der Waals surface area contributed by atoms with Crippen molar-refractivity contribution < 1.29 is 9.53 Å². The molecule has 0 aliphatic heterocycles. The summed E-state index contributed by atoms with van der Waals surface area (Å²) >= 11 is 0. The third kappa shape index (κ3) is 4.14. The van der Waals surface area contributed by atoms with Crippen LogP contribution in [0.4, 0.5) is 0 Å². The number of hydrogen-bond acceptors (Lipinski definition) is 4. The Balaban J connectivity index is 4.71. The quantitative estimate of drug-likeness (QED) is 0.392. The van der Waals surface area contributed by atoms with Crippen LogP contribution in [-0.4, -0.2) is 17.5 Å². The molecule has 4 heteroatoms. The van der Waals surface area contributed by atoms with E-state index in [-0.39, 0.29) is 12.3 Å². The molecule has 4 nitrogen and oxygen atoms in total. The van der Waals surface area contributed by atoms with Crippen molar-refractivity contribution in [2.45, 2.75) is 13.8 Å². The molecule has 0 saturated carbocycles. The summed E-state index contributed by atoms with van der Waals surface area (Å²) in [6.45, 7) is 10.7.